The van der Waals surface area contributed by atoms with Crippen molar-refractivity contribution >= 4 is 29.2 Å². The Morgan fingerprint density at radius 1 is 0.933 bits per heavy atom. The van der Waals surface area contributed by atoms with Crippen molar-refractivity contribution in [2.24, 2.45) is 0 Å². The zero-order valence-electron chi connectivity index (χ0n) is 25.5. The van der Waals surface area contributed by atoms with Crippen LogP contribution >= 0.6 is 11.3 Å². The molecule has 226 valence electrons. The first-order valence-corrected chi connectivity index (χ1v) is 15.9. The zero-order valence-corrected chi connectivity index (χ0v) is 26.3. The summed E-state index contributed by atoms with van der Waals surface area (Å²) in [6.07, 6.45) is 9.66. The second kappa shape index (κ2) is 13.8. The van der Waals surface area contributed by atoms with E-state index in [0.29, 0.717) is 19.5 Å². The minimum Gasteiger partial charge on any atom is -0.336 e. The van der Waals surface area contributed by atoms with Gasteiger partial charge in [0.2, 0.25) is 11.8 Å². The molecule has 0 spiro atoms. The molecule has 0 saturated heterocycles. The summed E-state index contributed by atoms with van der Waals surface area (Å²) in [6.45, 7) is 5.33. The predicted octanol–water partition coefficient (Wildman–Crippen LogP) is 6.46. The number of benzene rings is 3. The van der Waals surface area contributed by atoms with Crippen LogP contribution in [0, 0.1) is 13.8 Å². The van der Waals surface area contributed by atoms with Gasteiger partial charge in [0.15, 0.2) is 0 Å². The minimum absolute atomic E-state index is 0.0453. The van der Waals surface area contributed by atoms with Gasteiger partial charge in [0.25, 0.3) is 0 Å². The molecular formula is C37H35N5O2S. The molecule has 6 rings (SSSR count). The van der Waals surface area contributed by atoms with E-state index < -0.39 is 6.04 Å². The van der Waals surface area contributed by atoms with Gasteiger partial charge in [-0.3, -0.25) is 19.6 Å². The summed E-state index contributed by atoms with van der Waals surface area (Å²) in [5.74, 6) is -0.263. The zero-order chi connectivity index (χ0) is 31.2. The number of rotatable bonds is 9. The van der Waals surface area contributed by atoms with E-state index in [4.69, 9.17) is 0 Å². The molecule has 1 aliphatic rings. The molecule has 45 heavy (non-hydrogen) atoms. The molecule has 0 radical (unpaired) electrons. The molecule has 5 aromatic rings. The van der Waals surface area contributed by atoms with Crippen molar-refractivity contribution in [3.05, 3.63) is 141 Å². The van der Waals surface area contributed by atoms with Crippen LogP contribution in [0.25, 0.3) is 17.3 Å². The van der Waals surface area contributed by atoms with Gasteiger partial charge in [0.1, 0.15) is 6.04 Å². The molecule has 2 aromatic heterocycles. The number of aryl methyl sites for hydroxylation is 2. The first kappa shape index (κ1) is 30.1. The van der Waals surface area contributed by atoms with E-state index >= 15 is 0 Å². The fourth-order valence-electron chi connectivity index (χ4n) is 5.77. The Morgan fingerprint density at radius 2 is 1.69 bits per heavy atom. The fourth-order valence-corrected chi connectivity index (χ4v) is 6.60. The van der Waals surface area contributed by atoms with Crippen LogP contribution in [0.1, 0.15) is 37.8 Å². The van der Waals surface area contributed by atoms with Gasteiger partial charge in [-0.1, -0.05) is 78.9 Å². The number of fused-ring (bicyclic) bond motifs is 1. The van der Waals surface area contributed by atoms with Crippen LogP contribution in [0.15, 0.2) is 104 Å². The van der Waals surface area contributed by atoms with Crippen molar-refractivity contribution in [3.8, 4) is 11.3 Å². The third-order valence-corrected chi connectivity index (χ3v) is 9.18. The summed E-state index contributed by atoms with van der Waals surface area (Å²) in [5, 5.41) is 0.946. The summed E-state index contributed by atoms with van der Waals surface area (Å²) >= 11 is 1.55. The van der Waals surface area contributed by atoms with E-state index in [1.807, 2.05) is 91.6 Å². The first-order valence-electron chi connectivity index (χ1n) is 15.1. The summed E-state index contributed by atoms with van der Waals surface area (Å²) in [7, 11) is 0. The van der Waals surface area contributed by atoms with E-state index in [2.05, 4.69) is 27.1 Å². The van der Waals surface area contributed by atoms with Gasteiger partial charge in [0, 0.05) is 50.1 Å². The Labute approximate surface area is 267 Å². The lowest BCUT2D eigenvalue weighted by Gasteiger charge is -2.37. The minimum atomic E-state index is -0.696. The van der Waals surface area contributed by atoms with Crippen LogP contribution < -0.4 is 0 Å². The Balaban J connectivity index is 1.35. The quantitative estimate of drug-likeness (QED) is 0.179. The number of nitrogens with zero attached hydrogens (tertiary/aromatic N) is 5. The SMILES string of the molecule is Cc1nc(C)c(/C=C/C(=O)N(Cc2ccc(-c3cnccn3)cc2)[C@@H](Cc2ccccc2)C(=O)N2CCc3ccccc3C2)s1. The van der Waals surface area contributed by atoms with Gasteiger partial charge in [0.05, 0.1) is 27.5 Å². The lowest BCUT2D eigenvalue weighted by molar-refractivity contribution is -0.144. The fraction of sp³-hybridized carbons (Fsp3) is 0.216. The highest BCUT2D eigenvalue weighted by Crippen LogP contribution is 2.25. The molecular weight excluding hydrogens is 579 g/mol. The second-order valence-electron chi connectivity index (χ2n) is 11.3. The Bertz CT molecular complexity index is 1800. The van der Waals surface area contributed by atoms with E-state index in [0.717, 1.165) is 49.9 Å². The maximum Gasteiger partial charge on any atom is 0.247 e. The highest BCUT2D eigenvalue weighted by atomic mass is 32.1. The van der Waals surface area contributed by atoms with Crippen molar-refractivity contribution in [3.63, 3.8) is 0 Å². The Kier molecular flexibility index (Phi) is 9.22. The molecule has 1 atom stereocenters. The average Bonchev–Trinajstić information content (AvgIpc) is 3.41. The van der Waals surface area contributed by atoms with Crippen molar-refractivity contribution in [2.75, 3.05) is 6.54 Å². The normalized spacial score (nSPS) is 13.4. The van der Waals surface area contributed by atoms with Crippen LogP contribution in [-0.2, 0) is 35.5 Å². The molecule has 0 N–H and O–H groups in total. The van der Waals surface area contributed by atoms with Gasteiger partial charge in [-0.25, -0.2) is 4.98 Å². The van der Waals surface area contributed by atoms with Gasteiger partial charge in [-0.15, -0.1) is 11.3 Å². The number of amides is 2. The van der Waals surface area contributed by atoms with Gasteiger partial charge < -0.3 is 9.80 Å². The number of thiazole rings is 1. The largest absolute Gasteiger partial charge is 0.336 e. The van der Waals surface area contributed by atoms with Crippen molar-refractivity contribution in [2.45, 2.75) is 45.8 Å². The molecule has 3 aromatic carbocycles. The monoisotopic (exact) mass is 613 g/mol. The summed E-state index contributed by atoms with van der Waals surface area (Å²) in [4.78, 5) is 46.4. The molecule has 3 heterocycles. The third-order valence-electron chi connectivity index (χ3n) is 8.14. The summed E-state index contributed by atoms with van der Waals surface area (Å²) in [6, 6.07) is 25.5. The lowest BCUT2D eigenvalue weighted by atomic mass is 9.97. The molecule has 0 aliphatic carbocycles. The highest BCUT2D eigenvalue weighted by Gasteiger charge is 2.34. The number of hydrogen-bond donors (Lipinski definition) is 0. The predicted molar refractivity (Wildman–Crippen MR) is 178 cm³/mol. The number of hydrogen-bond acceptors (Lipinski definition) is 6. The Morgan fingerprint density at radius 3 is 2.40 bits per heavy atom. The highest BCUT2D eigenvalue weighted by molar-refractivity contribution is 7.12. The molecule has 1 aliphatic heterocycles. The summed E-state index contributed by atoms with van der Waals surface area (Å²) < 4.78 is 0. The van der Waals surface area contributed by atoms with E-state index in [1.54, 1.807) is 40.9 Å². The molecule has 0 saturated carbocycles. The molecule has 0 unspecified atom stereocenters. The molecule has 0 bridgehead atoms. The smallest absolute Gasteiger partial charge is 0.247 e. The lowest BCUT2D eigenvalue weighted by Crippen LogP contribution is -2.52. The average molecular weight is 614 g/mol. The molecule has 8 heteroatoms. The summed E-state index contributed by atoms with van der Waals surface area (Å²) in [5.41, 5.74) is 6.95. The van der Waals surface area contributed by atoms with Gasteiger partial charge >= 0.3 is 0 Å². The van der Waals surface area contributed by atoms with Crippen molar-refractivity contribution in [1.29, 1.82) is 0 Å². The Hall–Kier alpha value is -4.95. The van der Waals surface area contributed by atoms with Gasteiger partial charge in [-0.05, 0) is 48.6 Å². The van der Waals surface area contributed by atoms with Crippen LogP contribution in [0.4, 0.5) is 0 Å². The van der Waals surface area contributed by atoms with E-state index in [9.17, 15) is 9.59 Å². The van der Waals surface area contributed by atoms with E-state index in [-0.39, 0.29) is 18.4 Å². The van der Waals surface area contributed by atoms with Crippen molar-refractivity contribution in [1.82, 2.24) is 24.8 Å². The van der Waals surface area contributed by atoms with E-state index in [1.165, 1.54) is 5.56 Å². The topological polar surface area (TPSA) is 79.3 Å². The number of carbonyl (C=O) groups is 2. The maximum absolute atomic E-state index is 14.5. The van der Waals surface area contributed by atoms with Crippen LogP contribution in [0.5, 0.6) is 0 Å². The number of aromatic nitrogens is 3. The molecule has 7 nitrogen and oxygen atoms in total. The second-order valence-corrected chi connectivity index (χ2v) is 12.5. The van der Waals surface area contributed by atoms with Crippen LogP contribution in [-0.4, -0.2) is 49.2 Å². The third kappa shape index (κ3) is 7.24. The number of carbonyl (C=O) groups excluding carboxylic acids is 2. The standard InChI is InChI=1S/C37H35N5O2S/c1-26-35(45-27(2)40-26)16-17-36(43)42(24-29-12-14-31(15-13-29)33-23-38-19-20-39-33)34(22-28-8-4-3-5-9-28)37(44)41-21-18-30-10-6-7-11-32(30)25-41/h3-17,19-20,23,34H,18,21-22,24-25H2,1-2H3/b17-16+/t34-/m0/s1. The molecule has 2 amide bonds. The first-order chi connectivity index (χ1) is 21.9. The van der Waals surface area contributed by atoms with Crippen molar-refractivity contribution < 1.29 is 9.59 Å². The molecule has 0 fully saturated rings. The van der Waals surface area contributed by atoms with Crippen LogP contribution in [0.3, 0.4) is 0 Å². The van der Waals surface area contributed by atoms with Crippen LogP contribution in [0.2, 0.25) is 0 Å². The maximum atomic E-state index is 14.5. The van der Waals surface area contributed by atoms with Gasteiger partial charge in [-0.2, -0.15) is 0 Å².